The second-order valence-electron chi connectivity index (χ2n) is 8.17. The van der Waals surface area contributed by atoms with Crippen molar-refractivity contribution in [2.45, 2.75) is 18.0 Å². The lowest BCUT2D eigenvalue weighted by molar-refractivity contribution is 0.135. The molecule has 0 spiro atoms. The number of benzene rings is 2. The Balaban J connectivity index is 1.53. The van der Waals surface area contributed by atoms with Crippen LogP contribution in [-0.2, 0) is 28.8 Å². The number of rotatable bonds is 10. The maximum Gasteiger partial charge on any atom is 0.311 e. The van der Waals surface area contributed by atoms with Crippen LogP contribution in [0.1, 0.15) is 11.1 Å². The number of phenolic OH excluding ortho intramolecular Hbond substituents is 1. The molecule has 0 saturated carbocycles. The number of fused-ring (bicyclic) bond motifs is 1. The van der Waals surface area contributed by atoms with Gasteiger partial charge in [0, 0.05) is 17.1 Å². The molecule has 2 aromatic carbocycles. The van der Waals surface area contributed by atoms with Crippen LogP contribution in [0.5, 0.6) is 23.0 Å². The van der Waals surface area contributed by atoms with Gasteiger partial charge >= 0.3 is 5.56 Å². The Labute approximate surface area is 212 Å². The molecular weight excluding hydrogens is 480 g/mol. The summed E-state index contributed by atoms with van der Waals surface area (Å²) in [6.45, 7) is 0.964. The fourth-order valence-electron chi connectivity index (χ4n) is 4.03. The number of aromatic hydroxyl groups is 2. The molecule has 36 heavy (non-hydrogen) atoms. The number of hydrogen-bond acceptors (Lipinski definition) is 7. The second kappa shape index (κ2) is 11.4. The van der Waals surface area contributed by atoms with E-state index in [9.17, 15) is 15.0 Å². The Morgan fingerprint density at radius 2 is 1.78 bits per heavy atom. The molecule has 188 valence electrons. The molecule has 0 amide bonds. The van der Waals surface area contributed by atoms with Crippen LogP contribution < -0.4 is 15.0 Å². The second-order valence-corrected chi connectivity index (χ2v) is 10.3. The predicted octanol–water partition coefficient (Wildman–Crippen LogP) is 3.70. The van der Waals surface area contributed by atoms with Crippen LogP contribution >= 0.6 is 0 Å². The van der Waals surface area contributed by atoms with Crippen LogP contribution in [0.4, 0.5) is 0 Å². The molecule has 0 aliphatic heterocycles. The monoisotopic (exact) mass is 509 g/mol. The molecule has 9 heteroatoms. The van der Waals surface area contributed by atoms with E-state index >= 15 is 0 Å². The molecule has 2 aromatic heterocycles. The fourth-order valence-corrected chi connectivity index (χ4v) is 5.45. The molecule has 4 aromatic rings. The molecule has 8 nitrogen and oxygen atoms in total. The molecule has 0 aliphatic rings. The zero-order valence-corrected chi connectivity index (χ0v) is 21.2. The molecule has 2 N–H and O–H groups in total. The minimum Gasteiger partial charge on any atom is -0.504 e. The summed E-state index contributed by atoms with van der Waals surface area (Å²) in [5.74, 6) is 1.17. The topological polar surface area (TPSA) is 103 Å². The number of ether oxygens (including phenoxy) is 3. The molecule has 1 unspecified atom stereocenters. The Hall–Kier alpha value is -3.69. The van der Waals surface area contributed by atoms with E-state index in [1.165, 1.54) is 14.2 Å². The average Bonchev–Trinajstić information content (AvgIpc) is 2.89. The van der Waals surface area contributed by atoms with E-state index in [0.717, 1.165) is 11.1 Å². The van der Waals surface area contributed by atoms with E-state index in [4.69, 9.17) is 14.2 Å². The third-order valence-corrected chi connectivity index (χ3v) is 7.65. The minimum absolute atomic E-state index is 0.0249. The van der Waals surface area contributed by atoms with Crippen LogP contribution in [0, 0.1) is 0 Å². The number of methoxy groups -OCH3 is 2. The van der Waals surface area contributed by atoms with Gasteiger partial charge in [-0.2, -0.15) is 0 Å². The number of phenols is 1. The summed E-state index contributed by atoms with van der Waals surface area (Å²) in [6, 6.07) is 16.5. The standard InChI is InChI=1S/C27H28N2O6S/c1-33-22-15-19(14-21(30)24(22)34-2)17-35-12-13-36(3)25-23(31)20-10-7-11-28-26(20)29(27(25)32)16-18-8-5-4-6-9-18/h4-11,14-15H,12-13,16-17H2,1-3H3,(H-,30,31,32)/p+1. The van der Waals surface area contributed by atoms with E-state index < -0.39 is 10.9 Å². The van der Waals surface area contributed by atoms with Crippen molar-refractivity contribution in [1.29, 1.82) is 0 Å². The molecule has 4 rings (SSSR count). The van der Waals surface area contributed by atoms with Crippen molar-refractivity contribution in [3.63, 3.8) is 0 Å². The van der Waals surface area contributed by atoms with E-state index in [1.54, 1.807) is 35.0 Å². The normalized spacial score (nSPS) is 12.0. The Morgan fingerprint density at radius 3 is 2.50 bits per heavy atom. The predicted molar refractivity (Wildman–Crippen MR) is 141 cm³/mol. The molecular formula is C27H29N2O6S+. The summed E-state index contributed by atoms with van der Waals surface area (Å²) < 4.78 is 17.9. The smallest absolute Gasteiger partial charge is 0.311 e. The van der Waals surface area contributed by atoms with Gasteiger partial charge in [-0.3, -0.25) is 9.36 Å². The fraction of sp³-hybridized carbons (Fsp3) is 0.259. The van der Waals surface area contributed by atoms with Crippen molar-refractivity contribution < 1.29 is 24.4 Å². The first kappa shape index (κ1) is 25.4. The van der Waals surface area contributed by atoms with Crippen LogP contribution in [0.25, 0.3) is 11.0 Å². The van der Waals surface area contributed by atoms with Gasteiger partial charge in [-0.05, 0) is 35.4 Å². The quantitative estimate of drug-likeness (QED) is 0.248. The first-order valence-corrected chi connectivity index (χ1v) is 13.1. The summed E-state index contributed by atoms with van der Waals surface area (Å²) in [5, 5.41) is 21.7. The van der Waals surface area contributed by atoms with Gasteiger partial charge in [0.2, 0.25) is 5.75 Å². The van der Waals surface area contributed by atoms with E-state index in [0.29, 0.717) is 40.6 Å². The Bertz CT molecular complexity index is 1410. The third-order valence-electron chi connectivity index (χ3n) is 5.81. The van der Waals surface area contributed by atoms with Crippen molar-refractivity contribution in [2.75, 3.05) is 32.8 Å². The minimum atomic E-state index is -0.584. The van der Waals surface area contributed by atoms with Crippen molar-refractivity contribution in [3.8, 4) is 23.0 Å². The first-order chi connectivity index (χ1) is 17.4. The zero-order valence-electron chi connectivity index (χ0n) is 20.4. The Kier molecular flexibility index (Phi) is 8.02. The lowest BCUT2D eigenvalue weighted by Crippen LogP contribution is -2.29. The Morgan fingerprint density at radius 1 is 1.00 bits per heavy atom. The van der Waals surface area contributed by atoms with Gasteiger partial charge < -0.3 is 24.4 Å². The van der Waals surface area contributed by atoms with Crippen molar-refractivity contribution in [1.82, 2.24) is 9.55 Å². The highest BCUT2D eigenvalue weighted by Gasteiger charge is 2.29. The van der Waals surface area contributed by atoms with Crippen molar-refractivity contribution in [3.05, 3.63) is 82.3 Å². The molecule has 0 fully saturated rings. The average molecular weight is 510 g/mol. The van der Waals surface area contributed by atoms with E-state index in [1.807, 2.05) is 36.6 Å². The lowest BCUT2D eigenvalue weighted by Gasteiger charge is -2.14. The third kappa shape index (κ3) is 5.27. The highest BCUT2D eigenvalue weighted by Crippen LogP contribution is 2.37. The number of aromatic nitrogens is 2. The largest absolute Gasteiger partial charge is 0.504 e. The van der Waals surface area contributed by atoms with Gasteiger partial charge in [-0.25, -0.2) is 4.98 Å². The van der Waals surface area contributed by atoms with E-state index in [2.05, 4.69) is 4.98 Å². The maximum absolute atomic E-state index is 13.5. The van der Waals surface area contributed by atoms with Crippen LogP contribution in [0.3, 0.4) is 0 Å². The van der Waals surface area contributed by atoms with Crippen LogP contribution in [-0.4, -0.2) is 52.6 Å². The van der Waals surface area contributed by atoms with Crippen molar-refractivity contribution in [2.24, 2.45) is 0 Å². The molecule has 0 bridgehead atoms. The van der Waals surface area contributed by atoms with Gasteiger partial charge in [-0.15, -0.1) is 0 Å². The zero-order chi connectivity index (χ0) is 25.7. The lowest BCUT2D eigenvalue weighted by atomic mass is 10.2. The molecule has 0 radical (unpaired) electrons. The SMILES string of the molecule is COc1cc(COCC[S+](C)c2c(O)c3cccnc3n(Cc3ccccc3)c2=O)cc(O)c1OC. The number of hydrogen-bond donors (Lipinski definition) is 2. The molecule has 2 heterocycles. The van der Waals surface area contributed by atoms with Gasteiger partial charge in [-0.1, -0.05) is 30.3 Å². The summed E-state index contributed by atoms with van der Waals surface area (Å²) in [6.07, 6.45) is 3.55. The highest BCUT2D eigenvalue weighted by atomic mass is 32.2. The number of nitrogens with zero attached hydrogens (tertiary/aromatic N) is 2. The molecule has 0 saturated heterocycles. The summed E-state index contributed by atoms with van der Waals surface area (Å²) >= 11 is 0. The molecule has 1 atom stereocenters. The van der Waals surface area contributed by atoms with Gasteiger partial charge in [0.05, 0.1) is 39.4 Å². The number of pyridine rings is 2. The first-order valence-electron chi connectivity index (χ1n) is 11.3. The van der Waals surface area contributed by atoms with Gasteiger partial charge in [0.25, 0.3) is 4.90 Å². The van der Waals surface area contributed by atoms with Crippen LogP contribution in [0.2, 0.25) is 0 Å². The van der Waals surface area contributed by atoms with Crippen LogP contribution in [0.15, 0.2) is 70.5 Å². The summed E-state index contributed by atoms with van der Waals surface area (Å²) in [7, 11) is 2.38. The van der Waals surface area contributed by atoms with E-state index in [-0.39, 0.29) is 29.4 Å². The molecule has 0 aliphatic carbocycles. The summed E-state index contributed by atoms with van der Waals surface area (Å²) in [4.78, 5) is 18.3. The highest BCUT2D eigenvalue weighted by molar-refractivity contribution is 7.96. The van der Waals surface area contributed by atoms with Gasteiger partial charge in [0.15, 0.2) is 17.2 Å². The van der Waals surface area contributed by atoms with Crippen molar-refractivity contribution >= 4 is 21.9 Å². The maximum atomic E-state index is 13.5. The summed E-state index contributed by atoms with van der Waals surface area (Å²) in [5.41, 5.74) is 1.90. The van der Waals surface area contributed by atoms with Gasteiger partial charge in [0.1, 0.15) is 17.7 Å².